The molecule has 10 N–H and O–H groups in total. The van der Waals surface area contributed by atoms with Crippen LogP contribution in [0.25, 0.3) is 0 Å². The average molecular weight is 965 g/mol. The number of aliphatic hydroxyl groups excluding tert-OH is 2. The summed E-state index contributed by atoms with van der Waals surface area (Å²) in [5, 5.41) is 36.2. The van der Waals surface area contributed by atoms with E-state index in [1.807, 2.05) is 33.8 Å². The number of carbonyl (C=O) groups excluding carboxylic acids is 9. The fraction of sp³-hybridized carbons (Fsp3) is 0.571. The minimum Gasteiger partial charge on any atom is -0.394 e. The lowest BCUT2D eigenvalue weighted by Crippen LogP contribution is -2.63. The maximum Gasteiger partial charge on any atom is 0.287 e. The third kappa shape index (κ3) is 18.0. The number of nitrogens with one attached hydrogen (secondary N) is 6. The van der Waals surface area contributed by atoms with E-state index in [0.717, 1.165) is 16.0 Å². The van der Waals surface area contributed by atoms with Crippen LogP contribution in [0.3, 0.4) is 0 Å². The molecule has 20 nitrogen and oxygen atoms in total. The molecule has 380 valence electrons. The van der Waals surface area contributed by atoms with E-state index in [0.29, 0.717) is 18.4 Å². The average Bonchev–Trinajstić information content (AvgIpc) is 3.69. The molecule has 1 heterocycles. The summed E-state index contributed by atoms with van der Waals surface area (Å²) in [6, 6.07) is 6.70. The van der Waals surface area contributed by atoms with Crippen molar-refractivity contribution in [3.8, 4) is 0 Å². The second-order valence-electron chi connectivity index (χ2n) is 19.0. The van der Waals surface area contributed by atoms with Crippen LogP contribution in [0, 0.1) is 18.3 Å². The molecular formula is C49H72N8O12. The third-order valence-electron chi connectivity index (χ3n) is 11.6. The van der Waals surface area contributed by atoms with Crippen LogP contribution in [0.1, 0.15) is 97.3 Å². The van der Waals surface area contributed by atoms with E-state index in [1.54, 1.807) is 69.3 Å². The molecule has 0 aliphatic carbocycles. The number of Topliss-reactive ketones (excluding diaryl/α,β-unsaturated/α-hetero) is 1. The van der Waals surface area contributed by atoms with E-state index in [1.165, 1.54) is 6.92 Å². The molecule has 20 heteroatoms. The van der Waals surface area contributed by atoms with Crippen molar-refractivity contribution in [2.24, 2.45) is 17.1 Å². The van der Waals surface area contributed by atoms with E-state index < -0.39 is 120 Å². The van der Waals surface area contributed by atoms with Gasteiger partial charge in [-0.1, -0.05) is 109 Å². The van der Waals surface area contributed by atoms with Gasteiger partial charge in [0, 0.05) is 26.3 Å². The van der Waals surface area contributed by atoms with Crippen molar-refractivity contribution in [3.05, 3.63) is 71.3 Å². The summed E-state index contributed by atoms with van der Waals surface area (Å²) in [5.74, 6) is -7.78. The van der Waals surface area contributed by atoms with Gasteiger partial charge < -0.3 is 57.5 Å². The number of ether oxygens (including phenoxy) is 1. The number of carbonyl (C=O) groups is 9. The highest BCUT2D eigenvalue weighted by atomic mass is 16.5. The van der Waals surface area contributed by atoms with Gasteiger partial charge in [0.1, 0.15) is 36.3 Å². The number of aliphatic hydroxyl groups is 2. The number of ketones is 1. The number of rotatable bonds is 26. The Hall–Kier alpha value is -6.25. The second kappa shape index (κ2) is 27.1. The smallest absolute Gasteiger partial charge is 0.287 e. The van der Waals surface area contributed by atoms with Crippen molar-refractivity contribution >= 4 is 53.0 Å². The Labute approximate surface area is 404 Å². The Morgan fingerprint density at radius 2 is 1.33 bits per heavy atom. The number of primary amides is 1. The van der Waals surface area contributed by atoms with Crippen molar-refractivity contribution in [1.82, 2.24) is 36.8 Å². The van der Waals surface area contributed by atoms with Crippen molar-refractivity contribution in [1.29, 1.82) is 0 Å². The highest BCUT2D eigenvalue weighted by molar-refractivity contribution is 6.37. The van der Waals surface area contributed by atoms with Crippen LogP contribution in [0.15, 0.2) is 54.6 Å². The summed E-state index contributed by atoms with van der Waals surface area (Å²) in [6.45, 7) is 12.2. The molecule has 0 saturated carbocycles. The number of likely N-dealkylation sites (tertiary alicyclic amines) is 1. The van der Waals surface area contributed by atoms with Gasteiger partial charge in [-0.3, -0.25) is 43.2 Å². The molecule has 2 unspecified atom stereocenters. The minimum absolute atomic E-state index is 0.0116. The Bertz CT molecular complexity index is 2110. The van der Waals surface area contributed by atoms with E-state index in [9.17, 15) is 53.4 Å². The van der Waals surface area contributed by atoms with Gasteiger partial charge in [-0.25, -0.2) is 0 Å². The molecule has 0 radical (unpaired) electrons. The summed E-state index contributed by atoms with van der Waals surface area (Å²) < 4.78 is 5.88. The van der Waals surface area contributed by atoms with Gasteiger partial charge in [0.15, 0.2) is 0 Å². The molecule has 2 aromatic carbocycles. The lowest BCUT2D eigenvalue weighted by Gasteiger charge is -2.34. The van der Waals surface area contributed by atoms with Gasteiger partial charge in [-0.2, -0.15) is 0 Å². The van der Waals surface area contributed by atoms with Crippen molar-refractivity contribution in [2.75, 3.05) is 19.8 Å². The zero-order valence-corrected chi connectivity index (χ0v) is 41.0. The van der Waals surface area contributed by atoms with Crippen LogP contribution < -0.4 is 37.6 Å². The second-order valence-corrected chi connectivity index (χ2v) is 19.0. The first kappa shape index (κ1) is 57.1. The number of amides is 8. The van der Waals surface area contributed by atoms with Gasteiger partial charge in [0.05, 0.1) is 32.0 Å². The molecular weight excluding hydrogens is 893 g/mol. The van der Waals surface area contributed by atoms with Crippen LogP contribution in [0.5, 0.6) is 0 Å². The van der Waals surface area contributed by atoms with Crippen LogP contribution in [0.4, 0.5) is 0 Å². The quantitative estimate of drug-likeness (QED) is 0.0562. The largest absolute Gasteiger partial charge is 0.394 e. The number of aryl methyl sites for hydroxylation is 1. The van der Waals surface area contributed by atoms with E-state index in [4.69, 9.17) is 10.5 Å². The SMILES string of the molecule is CCCCC(NC(=O)[C@H](CC(C)C)NC(=O)[C@@H](NC(=O)[C@H](Cc1ccccc1C)NC(=O)[C@@H](COCc1ccccc1)NC(=O)[C@H](CO)NC(=O)[C@@H]1CC(O)CN1C(C)=O)C(C)(C)C)C(=O)C(N)=O. The first-order chi connectivity index (χ1) is 32.5. The maximum atomic E-state index is 14.6. The zero-order chi connectivity index (χ0) is 51.6. The molecule has 8 atom stereocenters. The third-order valence-corrected chi connectivity index (χ3v) is 11.6. The molecule has 0 spiro atoms. The fourth-order valence-corrected chi connectivity index (χ4v) is 7.73. The molecule has 0 aromatic heterocycles. The van der Waals surface area contributed by atoms with Gasteiger partial charge >= 0.3 is 0 Å². The molecule has 0 bridgehead atoms. The first-order valence-electron chi connectivity index (χ1n) is 23.3. The van der Waals surface area contributed by atoms with Gasteiger partial charge in [0.25, 0.3) is 5.91 Å². The number of β-amino-alcohol motifs (C(OH)–C–C–N with tert-alkyl or cyclic N) is 1. The predicted octanol–water partition coefficient (Wildman–Crippen LogP) is -0.0261. The molecule has 3 rings (SSSR count). The summed E-state index contributed by atoms with van der Waals surface area (Å²) in [4.78, 5) is 122. The maximum absolute atomic E-state index is 14.6. The fourth-order valence-electron chi connectivity index (χ4n) is 7.73. The minimum atomic E-state index is -1.61. The van der Waals surface area contributed by atoms with E-state index in [2.05, 4.69) is 31.9 Å². The van der Waals surface area contributed by atoms with E-state index in [-0.39, 0.29) is 44.8 Å². The molecule has 1 saturated heterocycles. The monoisotopic (exact) mass is 965 g/mol. The standard InChI is InChI=1S/C49H72N8O12/c1-9-10-20-34(40(61)42(50)62)51-43(63)35(21-28(2)3)53-48(68)41(49(6,7)8)56-44(64)36(22-32-19-15-14-16-29(32)4)52-46(66)38(27-69-26-31-17-12-11-13-18-31)55-45(65)37(25-58)54-47(67)39-23-33(60)24-57(39)30(5)59/h11-19,28,33-39,41,58,60H,9-10,20-27H2,1-8H3,(H2,50,62)(H,51,63)(H,52,66)(H,53,68)(H,54,67)(H,55,65)(H,56,64)/t33?,34?,35-,36-,37-,38+,39-,41+/m0/s1. The molecule has 8 amide bonds. The van der Waals surface area contributed by atoms with Crippen molar-refractivity contribution < 1.29 is 58.1 Å². The Kier molecular flexibility index (Phi) is 22.4. The summed E-state index contributed by atoms with van der Waals surface area (Å²) >= 11 is 0. The summed E-state index contributed by atoms with van der Waals surface area (Å²) in [6.07, 6.45) is 0.281. The van der Waals surface area contributed by atoms with Gasteiger partial charge in [-0.05, 0) is 47.8 Å². The lowest BCUT2D eigenvalue weighted by atomic mass is 9.85. The number of hydrogen-bond donors (Lipinski definition) is 9. The molecule has 2 aromatic rings. The van der Waals surface area contributed by atoms with Gasteiger partial charge in [-0.15, -0.1) is 0 Å². The molecule has 69 heavy (non-hydrogen) atoms. The Balaban J connectivity index is 1.95. The number of nitrogens with two attached hydrogens (primary N) is 1. The number of benzene rings is 2. The Morgan fingerprint density at radius 3 is 1.91 bits per heavy atom. The zero-order valence-electron chi connectivity index (χ0n) is 41.0. The van der Waals surface area contributed by atoms with Crippen LogP contribution >= 0.6 is 0 Å². The predicted molar refractivity (Wildman–Crippen MR) is 254 cm³/mol. The highest BCUT2D eigenvalue weighted by Gasteiger charge is 2.41. The van der Waals surface area contributed by atoms with Gasteiger partial charge in [0.2, 0.25) is 47.1 Å². The topological polar surface area (TPSA) is 305 Å². The normalized spacial score (nSPS) is 17.3. The summed E-state index contributed by atoms with van der Waals surface area (Å²) in [7, 11) is 0. The van der Waals surface area contributed by atoms with E-state index >= 15 is 0 Å². The Morgan fingerprint density at radius 1 is 0.768 bits per heavy atom. The summed E-state index contributed by atoms with van der Waals surface area (Å²) in [5.41, 5.74) is 6.46. The molecule has 1 aliphatic rings. The van der Waals surface area contributed by atoms with Crippen LogP contribution in [-0.4, -0.2) is 136 Å². The lowest BCUT2D eigenvalue weighted by molar-refractivity contribution is -0.139. The molecule has 1 aliphatic heterocycles. The highest BCUT2D eigenvalue weighted by Crippen LogP contribution is 2.22. The number of unbranched alkanes of at least 4 members (excludes halogenated alkanes) is 1. The molecule has 1 fully saturated rings. The first-order valence-corrected chi connectivity index (χ1v) is 23.3. The number of nitrogens with zero attached hydrogens (tertiary/aromatic N) is 1. The van der Waals surface area contributed by atoms with Crippen molar-refractivity contribution in [2.45, 2.75) is 149 Å². The van der Waals surface area contributed by atoms with Crippen molar-refractivity contribution in [3.63, 3.8) is 0 Å². The number of hydrogen-bond acceptors (Lipinski definition) is 12. The van der Waals surface area contributed by atoms with Crippen LogP contribution in [0.2, 0.25) is 0 Å². The van der Waals surface area contributed by atoms with Crippen LogP contribution in [-0.2, 0) is 60.9 Å².